The van der Waals surface area contributed by atoms with Gasteiger partial charge in [0.1, 0.15) is 0 Å². The maximum absolute atomic E-state index is 12.1. The standard InChI is InChI=1S/C22H34O4/c1-2-15-22(26,18-12-13-18)16-7-8-17-11-14-20(23)19(17)9-5-3-4-6-10-21(24)25/h7-8,11,14,17-19,26H,2-6,9-10,12-13,15-16H2,1H3,(H,24,25)/t17-,19+,22?/m0/s1. The van der Waals surface area contributed by atoms with Crippen molar-refractivity contribution in [1.82, 2.24) is 0 Å². The molecular formula is C22H34O4. The summed E-state index contributed by atoms with van der Waals surface area (Å²) in [7, 11) is 0. The van der Waals surface area contributed by atoms with Gasteiger partial charge in [0.15, 0.2) is 5.78 Å². The van der Waals surface area contributed by atoms with Crippen molar-refractivity contribution in [2.45, 2.75) is 83.2 Å². The Hall–Kier alpha value is -1.42. The van der Waals surface area contributed by atoms with Gasteiger partial charge in [0.25, 0.3) is 0 Å². The van der Waals surface area contributed by atoms with Crippen molar-refractivity contribution in [3.63, 3.8) is 0 Å². The zero-order valence-electron chi connectivity index (χ0n) is 16.0. The minimum absolute atomic E-state index is 0.0194. The van der Waals surface area contributed by atoms with Crippen LogP contribution < -0.4 is 0 Å². The summed E-state index contributed by atoms with van der Waals surface area (Å²) in [5.74, 6) is 0.0859. The minimum Gasteiger partial charge on any atom is -0.481 e. The average Bonchev–Trinajstić information content (AvgIpc) is 3.38. The van der Waals surface area contributed by atoms with Gasteiger partial charge in [0.2, 0.25) is 0 Å². The predicted molar refractivity (Wildman–Crippen MR) is 103 cm³/mol. The summed E-state index contributed by atoms with van der Waals surface area (Å²) in [5, 5.41) is 19.5. The molecule has 0 radical (unpaired) electrons. The van der Waals surface area contributed by atoms with E-state index in [0.717, 1.165) is 51.4 Å². The van der Waals surface area contributed by atoms with Crippen LogP contribution in [-0.2, 0) is 9.59 Å². The molecule has 4 heteroatoms. The third-order valence-corrected chi connectivity index (χ3v) is 5.82. The normalized spacial score (nSPS) is 25.1. The van der Waals surface area contributed by atoms with Crippen molar-refractivity contribution >= 4 is 11.8 Å². The summed E-state index contributed by atoms with van der Waals surface area (Å²) in [5.41, 5.74) is -0.558. The van der Waals surface area contributed by atoms with E-state index >= 15 is 0 Å². The van der Waals surface area contributed by atoms with Crippen LogP contribution in [0.15, 0.2) is 24.3 Å². The summed E-state index contributed by atoms with van der Waals surface area (Å²) in [6, 6.07) is 0. The van der Waals surface area contributed by atoms with Crippen LogP contribution in [0.2, 0.25) is 0 Å². The first kappa shape index (κ1) is 20.9. The summed E-state index contributed by atoms with van der Waals surface area (Å²) >= 11 is 0. The van der Waals surface area contributed by atoms with E-state index in [1.165, 1.54) is 0 Å². The number of carbonyl (C=O) groups excluding carboxylic acids is 1. The van der Waals surface area contributed by atoms with Crippen molar-refractivity contribution in [3.8, 4) is 0 Å². The summed E-state index contributed by atoms with van der Waals surface area (Å²) in [6.07, 6.45) is 17.3. The number of aliphatic hydroxyl groups is 1. The van der Waals surface area contributed by atoms with Crippen LogP contribution in [0.5, 0.6) is 0 Å². The number of ketones is 1. The molecule has 2 aliphatic carbocycles. The topological polar surface area (TPSA) is 74.6 Å². The molecule has 2 aliphatic rings. The molecule has 26 heavy (non-hydrogen) atoms. The van der Waals surface area contributed by atoms with Gasteiger partial charge in [-0.05, 0) is 50.5 Å². The molecular weight excluding hydrogens is 328 g/mol. The third kappa shape index (κ3) is 6.39. The number of unbranched alkanes of at least 4 members (excludes halogenated alkanes) is 3. The number of hydrogen-bond donors (Lipinski definition) is 2. The number of rotatable bonds is 13. The highest BCUT2D eigenvalue weighted by Gasteiger charge is 2.42. The Morgan fingerprint density at radius 2 is 2.00 bits per heavy atom. The maximum Gasteiger partial charge on any atom is 0.303 e. The fourth-order valence-electron chi connectivity index (χ4n) is 4.14. The maximum atomic E-state index is 12.1. The molecule has 4 nitrogen and oxygen atoms in total. The zero-order valence-corrected chi connectivity index (χ0v) is 16.0. The lowest BCUT2D eigenvalue weighted by molar-refractivity contribution is -0.137. The second-order valence-corrected chi connectivity index (χ2v) is 8.05. The molecule has 0 amide bonds. The molecule has 3 atom stereocenters. The highest BCUT2D eigenvalue weighted by atomic mass is 16.4. The molecule has 2 N–H and O–H groups in total. The Morgan fingerprint density at radius 3 is 2.65 bits per heavy atom. The molecule has 0 heterocycles. The van der Waals surface area contributed by atoms with Gasteiger partial charge in [-0.15, -0.1) is 0 Å². The zero-order chi connectivity index (χ0) is 19.0. The smallest absolute Gasteiger partial charge is 0.303 e. The van der Waals surface area contributed by atoms with Crippen LogP contribution >= 0.6 is 0 Å². The molecule has 1 saturated carbocycles. The van der Waals surface area contributed by atoms with E-state index in [4.69, 9.17) is 5.11 Å². The molecule has 1 unspecified atom stereocenters. The number of allylic oxidation sites excluding steroid dienone is 3. The van der Waals surface area contributed by atoms with Crippen LogP contribution in [-0.4, -0.2) is 27.6 Å². The number of aliphatic carboxylic acids is 1. The highest BCUT2D eigenvalue weighted by Crippen LogP contribution is 2.44. The lowest BCUT2D eigenvalue weighted by atomic mass is 9.86. The Labute approximate surface area is 157 Å². The van der Waals surface area contributed by atoms with Crippen molar-refractivity contribution in [2.75, 3.05) is 0 Å². The van der Waals surface area contributed by atoms with Gasteiger partial charge >= 0.3 is 5.97 Å². The number of hydrogen-bond acceptors (Lipinski definition) is 3. The molecule has 0 bridgehead atoms. The fraction of sp³-hybridized carbons (Fsp3) is 0.727. The first-order valence-corrected chi connectivity index (χ1v) is 10.3. The van der Waals surface area contributed by atoms with Crippen LogP contribution in [0.4, 0.5) is 0 Å². The van der Waals surface area contributed by atoms with Crippen LogP contribution in [0.3, 0.4) is 0 Å². The Bertz CT molecular complexity index is 532. The Morgan fingerprint density at radius 1 is 1.27 bits per heavy atom. The second kappa shape index (κ2) is 10.1. The first-order valence-electron chi connectivity index (χ1n) is 10.3. The molecule has 0 aromatic heterocycles. The van der Waals surface area contributed by atoms with E-state index in [2.05, 4.69) is 19.1 Å². The van der Waals surface area contributed by atoms with Crippen LogP contribution in [0.1, 0.15) is 77.6 Å². The molecule has 2 rings (SSSR count). The molecule has 1 fully saturated rings. The monoisotopic (exact) mass is 362 g/mol. The molecule has 0 spiro atoms. The second-order valence-electron chi connectivity index (χ2n) is 8.05. The van der Waals surface area contributed by atoms with Gasteiger partial charge in [-0.1, -0.05) is 50.8 Å². The summed E-state index contributed by atoms with van der Waals surface area (Å²) in [6.45, 7) is 2.11. The summed E-state index contributed by atoms with van der Waals surface area (Å²) in [4.78, 5) is 22.6. The van der Waals surface area contributed by atoms with Gasteiger partial charge < -0.3 is 10.2 Å². The van der Waals surface area contributed by atoms with Crippen LogP contribution in [0.25, 0.3) is 0 Å². The van der Waals surface area contributed by atoms with E-state index < -0.39 is 11.6 Å². The minimum atomic E-state index is -0.736. The Kier molecular flexibility index (Phi) is 8.08. The van der Waals surface area contributed by atoms with Crippen molar-refractivity contribution in [3.05, 3.63) is 24.3 Å². The van der Waals surface area contributed by atoms with E-state index in [-0.39, 0.29) is 24.0 Å². The third-order valence-electron chi connectivity index (χ3n) is 5.82. The van der Waals surface area contributed by atoms with Gasteiger partial charge in [-0.25, -0.2) is 0 Å². The van der Waals surface area contributed by atoms with E-state index in [0.29, 0.717) is 18.8 Å². The van der Waals surface area contributed by atoms with Crippen molar-refractivity contribution < 1.29 is 19.8 Å². The Balaban J connectivity index is 1.75. The number of carboxylic acid groups (broad SMARTS) is 1. The molecule has 0 aliphatic heterocycles. The van der Waals surface area contributed by atoms with Crippen molar-refractivity contribution in [2.24, 2.45) is 17.8 Å². The van der Waals surface area contributed by atoms with Gasteiger partial charge in [-0.2, -0.15) is 0 Å². The largest absolute Gasteiger partial charge is 0.481 e. The van der Waals surface area contributed by atoms with Crippen molar-refractivity contribution in [1.29, 1.82) is 0 Å². The average molecular weight is 363 g/mol. The first-order chi connectivity index (χ1) is 12.5. The quantitative estimate of drug-likeness (QED) is 0.369. The fourth-order valence-corrected chi connectivity index (χ4v) is 4.14. The van der Waals surface area contributed by atoms with Gasteiger partial charge in [0.05, 0.1) is 5.60 Å². The molecule has 0 aromatic rings. The SMILES string of the molecule is CCCC(O)(CC=C[C@H]1C=CC(=O)[C@@H]1CCCCCCC(=O)O)C1CC1. The van der Waals surface area contributed by atoms with Gasteiger partial charge in [0, 0.05) is 18.3 Å². The highest BCUT2D eigenvalue weighted by molar-refractivity contribution is 5.94. The lowest BCUT2D eigenvalue weighted by Gasteiger charge is -2.26. The van der Waals surface area contributed by atoms with E-state index in [1.807, 2.05) is 6.08 Å². The van der Waals surface area contributed by atoms with E-state index in [1.54, 1.807) is 6.08 Å². The lowest BCUT2D eigenvalue weighted by Crippen LogP contribution is -2.30. The molecule has 146 valence electrons. The molecule has 0 saturated heterocycles. The number of carboxylic acids is 1. The van der Waals surface area contributed by atoms with Gasteiger partial charge in [-0.3, -0.25) is 9.59 Å². The van der Waals surface area contributed by atoms with Crippen LogP contribution in [0, 0.1) is 17.8 Å². The van der Waals surface area contributed by atoms with E-state index in [9.17, 15) is 14.7 Å². The predicted octanol–water partition coefficient (Wildman–Crippen LogP) is 4.67. The summed E-state index contributed by atoms with van der Waals surface area (Å²) < 4.78 is 0. The number of carbonyl (C=O) groups is 2. The molecule has 0 aromatic carbocycles.